The summed E-state index contributed by atoms with van der Waals surface area (Å²) in [5, 5.41) is 0. The van der Waals surface area contributed by atoms with E-state index in [9.17, 15) is 4.79 Å². The molecule has 0 rings (SSSR count). The first-order valence-corrected chi connectivity index (χ1v) is 3.29. The standard InChI is InChI=1S/C5H8O2S/c1-7-4-5(3-6)8-2/h3-4H,1-2H3/b5-4+. The summed E-state index contributed by atoms with van der Waals surface area (Å²) in [6.07, 6.45) is 3.99. The molecule has 0 bridgehead atoms. The topological polar surface area (TPSA) is 26.3 Å². The fraction of sp³-hybridized carbons (Fsp3) is 0.400. The van der Waals surface area contributed by atoms with Crippen LogP contribution in [0.5, 0.6) is 0 Å². The van der Waals surface area contributed by atoms with Crippen molar-refractivity contribution < 1.29 is 9.53 Å². The molecule has 0 aliphatic carbocycles. The zero-order valence-electron chi connectivity index (χ0n) is 4.88. The molecule has 0 aromatic heterocycles. The largest absolute Gasteiger partial charge is 0.503 e. The lowest BCUT2D eigenvalue weighted by Gasteiger charge is -1.89. The van der Waals surface area contributed by atoms with Crippen molar-refractivity contribution in [3.8, 4) is 0 Å². The SMILES string of the molecule is CO/C=C(\C=O)SC. The van der Waals surface area contributed by atoms with Gasteiger partial charge in [0.25, 0.3) is 0 Å². The number of ether oxygens (including phenoxy) is 1. The highest BCUT2D eigenvalue weighted by Gasteiger charge is 1.87. The minimum absolute atomic E-state index is 0.604. The zero-order chi connectivity index (χ0) is 6.41. The van der Waals surface area contributed by atoms with E-state index < -0.39 is 0 Å². The molecule has 0 amide bonds. The molecular weight excluding hydrogens is 124 g/mol. The molecule has 3 heteroatoms. The van der Waals surface area contributed by atoms with Crippen LogP contribution < -0.4 is 0 Å². The summed E-state index contributed by atoms with van der Waals surface area (Å²) in [4.78, 5) is 10.6. The van der Waals surface area contributed by atoms with Crippen molar-refractivity contribution in [2.24, 2.45) is 0 Å². The number of carbonyl (C=O) groups excluding carboxylic acids is 1. The molecule has 0 aromatic carbocycles. The van der Waals surface area contributed by atoms with Crippen LogP contribution in [-0.2, 0) is 9.53 Å². The minimum atomic E-state index is 0.604. The second kappa shape index (κ2) is 4.71. The lowest BCUT2D eigenvalue weighted by Crippen LogP contribution is -1.77. The smallest absolute Gasteiger partial charge is 0.159 e. The molecule has 0 unspecified atom stereocenters. The summed E-state index contributed by atoms with van der Waals surface area (Å²) >= 11 is 1.36. The molecule has 0 saturated carbocycles. The molecule has 0 spiro atoms. The third-order valence-electron chi connectivity index (χ3n) is 0.586. The highest BCUT2D eigenvalue weighted by atomic mass is 32.2. The van der Waals surface area contributed by atoms with E-state index in [0.717, 1.165) is 6.29 Å². The highest BCUT2D eigenvalue weighted by molar-refractivity contribution is 8.03. The third-order valence-corrected chi connectivity index (χ3v) is 1.25. The second-order valence-electron chi connectivity index (χ2n) is 1.08. The number of methoxy groups -OCH3 is 1. The van der Waals surface area contributed by atoms with E-state index in [0.29, 0.717) is 4.91 Å². The van der Waals surface area contributed by atoms with Gasteiger partial charge in [-0.15, -0.1) is 11.8 Å². The quantitative estimate of drug-likeness (QED) is 0.326. The molecule has 0 radical (unpaired) electrons. The normalized spacial score (nSPS) is 11.0. The lowest BCUT2D eigenvalue weighted by atomic mass is 10.7. The van der Waals surface area contributed by atoms with Crippen molar-refractivity contribution >= 4 is 18.0 Å². The van der Waals surface area contributed by atoms with Crippen molar-refractivity contribution in [1.82, 2.24) is 0 Å². The summed E-state index contributed by atoms with van der Waals surface area (Å²) in [6.45, 7) is 0. The van der Waals surface area contributed by atoms with Gasteiger partial charge in [-0.1, -0.05) is 0 Å². The Morgan fingerprint density at radius 3 is 2.50 bits per heavy atom. The molecule has 0 atom stereocenters. The van der Waals surface area contributed by atoms with Gasteiger partial charge in [-0.3, -0.25) is 4.79 Å². The number of rotatable bonds is 3. The van der Waals surface area contributed by atoms with Gasteiger partial charge in [-0.25, -0.2) is 0 Å². The summed E-state index contributed by atoms with van der Waals surface area (Å²) in [6, 6.07) is 0. The predicted octanol–water partition coefficient (Wildman–Crippen LogP) is 1.04. The number of allylic oxidation sites excluding steroid dienone is 1. The van der Waals surface area contributed by atoms with E-state index in [2.05, 4.69) is 4.74 Å². The number of hydrogen-bond acceptors (Lipinski definition) is 3. The summed E-state index contributed by atoms with van der Waals surface area (Å²) in [7, 11) is 1.51. The Kier molecular flexibility index (Phi) is 4.45. The van der Waals surface area contributed by atoms with Crippen LogP contribution in [0.2, 0.25) is 0 Å². The monoisotopic (exact) mass is 132 g/mol. The zero-order valence-corrected chi connectivity index (χ0v) is 5.70. The van der Waals surface area contributed by atoms with Gasteiger partial charge >= 0.3 is 0 Å². The molecule has 0 aliphatic heterocycles. The second-order valence-corrected chi connectivity index (χ2v) is 1.96. The van der Waals surface area contributed by atoms with E-state index in [-0.39, 0.29) is 0 Å². The maximum absolute atomic E-state index is 9.96. The molecule has 8 heavy (non-hydrogen) atoms. The molecule has 0 saturated heterocycles. The highest BCUT2D eigenvalue weighted by Crippen LogP contribution is 2.06. The first kappa shape index (κ1) is 7.56. The molecule has 0 N–H and O–H groups in total. The summed E-state index contributed by atoms with van der Waals surface area (Å²) in [5.74, 6) is 0. The van der Waals surface area contributed by atoms with Gasteiger partial charge in [-0.2, -0.15) is 0 Å². The van der Waals surface area contributed by atoms with Crippen LogP contribution in [0, 0.1) is 0 Å². The fourth-order valence-corrected chi connectivity index (χ4v) is 0.529. The van der Waals surface area contributed by atoms with Crippen LogP contribution in [0.15, 0.2) is 11.2 Å². The van der Waals surface area contributed by atoms with Crippen molar-refractivity contribution in [1.29, 1.82) is 0 Å². The van der Waals surface area contributed by atoms with Gasteiger partial charge < -0.3 is 4.74 Å². The number of aldehydes is 1. The van der Waals surface area contributed by atoms with Gasteiger partial charge in [0.05, 0.1) is 18.3 Å². The summed E-state index contributed by atoms with van der Waals surface area (Å²) < 4.78 is 4.57. The average molecular weight is 132 g/mol. The number of hydrogen-bond donors (Lipinski definition) is 0. The Morgan fingerprint density at radius 1 is 1.75 bits per heavy atom. The van der Waals surface area contributed by atoms with Crippen LogP contribution in [0.4, 0.5) is 0 Å². The summed E-state index contributed by atoms with van der Waals surface area (Å²) in [5.41, 5.74) is 0. The van der Waals surface area contributed by atoms with Gasteiger partial charge in [0.15, 0.2) is 6.29 Å². The van der Waals surface area contributed by atoms with Crippen LogP contribution in [-0.4, -0.2) is 19.7 Å². The van der Waals surface area contributed by atoms with Crippen LogP contribution in [0.25, 0.3) is 0 Å². The third kappa shape index (κ3) is 2.69. The van der Waals surface area contributed by atoms with Gasteiger partial charge in [0.2, 0.25) is 0 Å². The van der Waals surface area contributed by atoms with E-state index >= 15 is 0 Å². The van der Waals surface area contributed by atoms with Gasteiger partial charge in [-0.05, 0) is 6.26 Å². The Morgan fingerprint density at radius 2 is 2.38 bits per heavy atom. The van der Waals surface area contributed by atoms with Crippen LogP contribution in [0.1, 0.15) is 0 Å². The Labute approximate surface area is 52.9 Å². The Hall–Kier alpha value is -0.440. The number of carbonyl (C=O) groups is 1. The Bertz CT molecular complexity index is 98.6. The molecule has 2 nitrogen and oxygen atoms in total. The van der Waals surface area contributed by atoms with E-state index in [1.807, 2.05) is 6.26 Å². The first-order chi connectivity index (χ1) is 3.85. The van der Waals surface area contributed by atoms with Crippen LogP contribution >= 0.6 is 11.8 Å². The molecule has 0 aromatic rings. The van der Waals surface area contributed by atoms with Crippen molar-refractivity contribution in [2.45, 2.75) is 0 Å². The van der Waals surface area contributed by atoms with E-state index in [1.165, 1.54) is 25.1 Å². The lowest BCUT2D eigenvalue weighted by molar-refractivity contribution is -0.104. The maximum atomic E-state index is 9.96. The van der Waals surface area contributed by atoms with E-state index in [4.69, 9.17) is 0 Å². The van der Waals surface area contributed by atoms with E-state index in [1.54, 1.807) is 0 Å². The van der Waals surface area contributed by atoms with Gasteiger partial charge in [0, 0.05) is 0 Å². The average Bonchev–Trinajstić information content (AvgIpc) is 1.83. The minimum Gasteiger partial charge on any atom is -0.503 e. The fourth-order valence-electron chi connectivity index (χ4n) is 0.240. The molecule has 0 fully saturated rings. The Balaban J connectivity index is 3.66. The number of thioether (sulfide) groups is 1. The van der Waals surface area contributed by atoms with Crippen molar-refractivity contribution in [3.63, 3.8) is 0 Å². The maximum Gasteiger partial charge on any atom is 0.159 e. The predicted molar refractivity (Wildman–Crippen MR) is 34.7 cm³/mol. The molecule has 0 heterocycles. The van der Waals surface area contributed by atoms with Gasteiger partial charge in [0.1, 0.15) is 0 Å². The molecular formula is C5H8O2S. The van der Waals surface area contributed by atoms with Crippen LogP contribution in [0.3, 0.4) is 0 Å². The molecule has 46 valence electrons. The van der Waals surface area contributed by atoms with Crippen molar-refractivity contribution in [3.05, 3.63) is 11.2 Å². The molecule has 0 aliphatic rings. The van der Waals surface area contributed by atoms with Crippen molar-refractivity contribution in [2.75, 3.05) is 13.4 Å². The first-order valence-electron chi connectivity index (χ1n) is 2.07.